The number of carbonyl (C=O) groups excluding carboxylic acids is 1. The lowest BCUT2D eigenvalue weighted by Gasteiger charge is -2.24. The van der Waals surface area contributed by atoms with Gasteiger partial charge in [-0.25, -0.2) is 0 Å². The van der Waals surface area contributed by atoms with Gasteiger partial charge in [0.05, 0.1) is 24.0 Å². The highest BCUT2D eigenvalue weighted by Gasteiger charge is 2.31. The standard InChI is InChI=1S/C21H25N5O2/c1-4-28-16-9-7-15(8-10-16)20-6-5-11-26(20)21(27)19-12-18(22-23-19)17-13-25(3)24-14(17)2/h7-10,12-13,20H,4-6,11H2,1-3H3,(H,22,23)/t20-/m1/s1. The van der Waals surface area contributed by atoms with E-state index in [-0.39, 0.29) is 11.9 Å². The van der Waals surface area contributed by atoms with Crippen LogP contribution in [0.1, 0.15) is 47.6 Å². The van der Waals surface area contributed by atoms with Crippen LogP contribution in [-0.2, 0) is 7.05 Å². The number of likely N-dealkylation sites (tertiary alicyclic amines) is 1. The van der Waals surface area contributed by atoms with E-state index in [1.807, 2.05) is 50.2 Å². The maximum absolute atomic E-state index is 13.1. The Kier molecular flexibility index (Phi) is 4.90. The molecule has 28 heavy (non-hydrogen) atoms. The van der Waals surface area contributed by atoms with E-state index in [2.05, 4.69) is 27.4 Å². The van der Waals surface area contributed by atoms with Gasteiger partial charge in [0.2, 0.25) is 0 Å². The number of ether oxygens (including phenoxy) is 1. The van der Waals surface area contributed by atoms with Gasteiger partial charge in [-0.1, -0.05) is 12.1 Å². The zero-order chi connectivity index (χ0) is 19.7. The number of amides is 1. The summed E-state index contributed by atoms with van der Waals surface area (Å²) in [6.45, 7) is 5.30. The molecule has 0 spiro atoms. The SMILES string of the molecule is CCOc1ccc([C@H]2CCCN2C(=O)c2cc(-c3cn(C)nc3C)n[nH]2)cc1. The average molecular weight is 379 g/mol. The molecule has 0 bridgehead atoms. The van der Waals surface area contributed by atoms with Gasteiger partial charge in [0, 0.05) is 25.4 Å². The van der Waals surface area contributed by atoms with Crippen molar-refractivity contribution in [1.29, 1.82) is 0 Å². The number of aromatic amines is 1. The first-order chi connectivity index (χ1) is 13.6. The van der Waals surface area contributed by atoms with Crippen molar-refractivity contribution in [3.8, 4) is 17.0 Å². The van der Waals surface area contributed by atoms with Crippen molar-refractivity contribution in [2.45, 2.75) is 32.7 Å². The average Bonchev–Trinajstić information content (AvgIpc) is 3.41. The lowest BCUT2D eigenvalue weighted by molar-refractivity contribution is 0.0729. The minimum atomic E-state index is -0.0170. The van der Waals surface area contributed by atoms with E-state index in [1.165, 1.54) is 0 Å². The molecular weight excluding hydrogens is 354 g/mol. The highest BCUT2D eigenvalue weighted by Crippen LogP contribution is 2.34. The molecule has 0 radical (unpaired) electrons. The molecule has 2 aromatic heterocycles. The summed E-state index contributed by atoms with van der Waals surface area (Å²) in [5, 5.41) is 11.6. The molecule has 1 N–H and O–H groups in total. The van der Waals surface area contributed by atoms with Crippen molar-refractivity contribution in [3.63, 3.8) is 0 Å². The molecule has 1 saturated heterocycles. The number of aromatic nitrogens is 4. The number of nitrogens with zero attached hydrogens (tertiary/aromatic N) is 4. The fraction of sp³-hybridized carbons (Fsp3) is 0.381. The molecule has 1 fully saturated rings. The number of rotatable bonds is 5. The summed E-state index contributed by atoms with van der Waals surface area (Å²) in [4.78, 5) is 15.1. The topological polar surface area (TPSA) is 76.0 Å². The maximum Gasteiger partial charge on any atom is 0.272 e. The van der Waals surface area contributed by atoms with Crippen LogP contribution in [0.15, 0.2) is 36.5 Å². The monoisotopic (exact) mass is 379 g/mol. The number of hydrogen-bond donors (Lipinski definition) is 1. The molecule has 1 aliphatic heterocycles. The summed E-state index contributed by atoms with van der Waals surface area (Å²) in [5.41, 5.74) is 4.21. The largest absolute Gasteiger partial charge is 0.494 e. The van der Waals surface area contributed by atoms with Crippen molar-refractivity contribution in [1.82, 2.24) is 24.9 Å². The van der Waals surface area contributed by atoms with Gasteiger partial charge in [0.1, 0.15) is 11.4 Å². The van der Waals surface area contributed by atoms with Gasteiger partial charge in [-0.05, 0) is 50.5 Å². The Labute approximate surface area is 164 Å². The quantitative estimate of drug-likeness (QED) is 0.736. The van der Waals surface area contributed by atoms with E-state index < -0.39 is 0 Å². The molecule has 0 unspecified atom stereocenters. The molecule has 1 amide bonds. The highest BCUT2D eigenvalue weighted by molar-refractivity contribution is 5.94. The number of carbonyl (C=O) groups is 1. The zero-order valence-corrected chi connectivity index (χ0v) is 16.5. The van der Waals surface area contributed by atoms with Gasteiger partial charge in [-0.3, -0.25) is 14.6 Å². The third kappa shape index (κ3) is 3.40. The molecule has 7 nitrogen and oxygen atoms in total. The van der Waals surface area contributed by atoms with Gasteiger partial charge in [0.15, 0.2) is 0 Å². The number of hydrogen-bond acceptors (Lipinski definition) is 4. The van der Waals surface area contributed by atoms with Crippen molar-refractivity contribution in [2.24, 2.45) is 7.05 Å². The van der Waals surface area contributed by atoms with E-state index in [0.717, 1.165) is 47.7 Å². The number of aryl methyl sites for hydroxylation is 2. The van der Waals surface area contributed by atoms with E-state index in [1.54, 1.807) is 4.68 Å². The predicted molar refractivity (Wildman–Crippen MR) is 106 cm³/mol. The third-order valence-corrected chi connectivity index (χ3v) is 5.19. The molecule has 0 aliphatic carbocycles. The fourth-order valence-electron chi connectivity index (χ4n) is 3.88. The fourth-order valence-corrected chi connectivity index (χ4v) is 3.88. The number of benzene rings is 1. The predicted octanol–water partition coefficient (Wildman–Crippen LogP) is 3.49. The molecule has 1 aliphatic rings. The highest BCUT2D eigenvalue weighted by atomic mass is 16.5. The van der Waals surface area contributed by atoms with Gasteiger partial charge < -0.3 is 9.64 Å². The first kappa shape index (κ1) is 18.3. The van der Waals surface area contributed by atoms with Crippen LogP contribution in [0, 0.1) is 6.92 Å². The molecule has 146 valence electrons. The molecule has 4 rings (SSSR count). The van der Waals surface area contributed by atoms with Gasteiger partial charge in [-0.2, -0.15) is 10.2 Å². The smallest absolute Gasteiger partial charge is 0.272 e. The second-order valence-corrected chi connectivity index (χ2v) is 7.13. The Morgan fingerprint density at radius 2 is 2.11 bits per heavy atom. The van der Waals surface area contributed by atoms with Crippen molar-refractivity contribution < 1.29 is 9.53 Å². The molecule has 1 atom stereocenters. The van der Waals surface area contributed by atoms with E-state index in [9.17, 15) is 4.79 Å². The van der Waals surface area contributed by atoms with E-state index >= 15 is 0 Å². The second-order valence-electron chi connectivity index (χ2n) is 7.13. The molecule has 1 aromatic carbocycles. The van der Waals surface area contributed by atoms with Crippen LogP contribution in [0.5, 0.6) is 5.75 Å². The number of H-pyrrole nitrogens is 1. The van der Waals surface area contributed by atoms with Crippen LogP contribution in [0.3, 0.4) is 0 Å². The lowest BCUT2D eigenvalue weighted by Crippen LogP contribution is -2.30. The van der Waals surface area contributed by atoms with Crippen LogP contribution in [0.2, 0.25) is 0 Å². The maximum atomic E-state index is 13.1. The third-order valence-electron chi connectivity index (χ3n) is 5.19. The first-order valence-corrected chi connectivity index (χ1v) is 9.66. The lowest BCUT2D eigenvalue weighted by atomic mass is 10.0. The summed E-state index contributed by atoms with van der Waals surface area (Å²) >= 11 is 0. The van der Waals surface area contributed by atoms with Gasteiger partial charge in [-0.15, -0.1) is 0 Å². The summed E-state index contributed by atoms with van der Waals surface area (Å²) in [7, 11) is 1.88. The Bertz CT molecular complexity index is 973. The van der Waals surface area contributed by atoms with Crippen LogP contribution in [0.25, 0.3) is 11.3 Å². The summed E-state index contributed by atoms with van der Waals surface area (Å²) in [6, 6.07) is 9.95. The minimum Gasteiger partial charge on any atom is -0.494 e. The van der Waals surface area contributed by atoms with Crippen molar-refractivity contribution >= 4 is 5.91 Å². The first-order valence-electron chi connectivity index (χ1n) is 9.66. The molecule has 3 aromatic rings. The Hall–Kier alpha value is -3.09. The Morgan fingerprint density at radius 3 is 2.79 bits per heavy atom. The Morgan fingerprint density at radius 1 is 1.32 bits per heavy atom. The van der Waals surface area contributed by atoms with Crippen LogP contribution >= 0.6 is 0 Å². The van der Waals surface area contributed by atoms with Crippen LogP contribution in [0.4, 0.5) is 0 Å². The van der Waals surface area contributed by atoms with Crippen LogP contribution < -0.4 is 4.74 Å². The van der Waals surface area contributed by atoms with Gasteiger partial charge >= 0.3 is 0 Å². The molecule has 7 heteroatoms. The molecular formula is C21H25N5O2. The van der Waals surface area contributed by atoms with Crippen molar-refractivity contribution in [3.05, 3.63) is 53.5 Å². The van der Waals surface area contributed by atoms with Crippen molar-refractivity contribution in [2.75, 3.05) is 13.2 Å². The summed E-state index contributed by atoms with van der Waals surface area (Å²) < 4.78 is 7.28. The summed E-state index contributed by atoms with van der Waals surface area (Å²) in [6.07, 6.45) is 3.87. The van der Waals surface area contributed by atoms with Crippen LogP contribution in [-0.4, -0.2) is 43.9 Å². The zero-order valence-electron chi connectivity index (χ0n) is 16.5. The molecule has 3 heterocycles. The minimum absolute atomic E-state index is 0.0170. The second kappa shape index (κ2) is 7.50. The normalized spacial score (nSPS) is 16.5. The molecule has 0 saturated carbocycles. The van der Waals surface area contributed by atoms with E-state index in [0.29, 0.717) is 12.3 Å². The number of nitrogens with one attached hydrogen (secondary N) is 1. The Balaban J connectivity index is 1.54. The summed E-state index contributed by atoms with van der Waals surface area (Å²) in [5.74, 6) is 0.837. The van der Waals surface area contributed by atoms with E-state index in [4.69, 9.17) is 4.74 Å². The van der Waals surface area contributed by atoms with Gasteiger partial charge in [0.25, 0.3) is 5.91 Å².